The van der Waals surface area contributed by atoms with E-state index in [1.807, 2.05) is 19.1 Å². The summed E-state index contributed by atoms with van der Waals surface area (Å²) in [6.45, 7) is 5.36. The summed E-state index contributed by atoms with van der Waals surface area (Å²) in [4.78, 5) is 35.0. The predicted octanol–water partition coefficient (Wildman–Crippen LogP) is 4.88. The average Bonchev–Trinajstić information content (AvgIpc) is 3.37. The first-order valence-corrected chi connectivity index (χ1v) is 11.8. The van der Waals surface area contributed by atoms with E-state index < -0.39 is 0 Å². The van der Waals surface area contributed by atoms with Gasteiger partial charge in [0.15, 0.2) is 10.9 Å². The highest BCUT2D eigenvalue weighted by atomic mass is 35.5. The molecule has 32 heavy (non-hydrogen) atoms. The van der Waals surface area contributed by atoms with Crippen molar-refractivity contribution >= 4 is 50.0 Å². The third-order valence-electron chi connectivity index (χ3n) is 5.87. The SMILES string of the molecule is CCOC(=O)c1cccc2nc(N3CC[C@@H](CC(=O)c4cc(Cl)c(C)[nH]4)[C@@H](OC)C3)sc12. The molecule has 1 aliphatic rings. The maximum Gasteiger partial charge on any atom is 0.339 e. The van der Waals surface area contributed by atoms with E-state index in [1.165, 1.54) is 11.3 Å². The van der Waals surface area contributed by atoms with E-state index in [0.717, 1.165) is 34.0 Å². The van der Waals surface area contributed by atoms with Gasteiger partial charge in [-0.05, 0) is 44.4 Å². The van der Waals surface area contributed by atoms with Crippen molar-refractivity contribution in [3.63, 3.8) is 0 Å². The summed E-state index contributed by atoms with van der Waals surface area (Å²) in [5.74, 6) is -0.185. The van der Waals surface area contributed by atoms with Crippen LogP contribution in [0.25, 0.3) is 10.2 Å². The summed E-state index contributed by atoms with van der Waals surface area (Å²) in [6.07, 6.45) is 1.10. The first kappa shape index (κ1) is 22.8. The molecular weight excluding hydrogens is 450 g/mol. The Morgan fingerprint density at radius 1 is 1.38 bits per heavy atom. The molecule has 170 valence electrons. The Hall–Kier alpha value is -2.42. The number of hydrogen-bond acceptors (Lipinski definition) is 7. The number of rotatable bonds is 7. The Bertz CT molecular complexity index is 1120. The summed E-state index contributed by atoms with van der Waals surface area (Å²) in [7, 11) is 1.68. The van der Waals surface area contributed by atoms with E-state index in [2.05, 4.69) is 9.88 Å². The Balaban J connectivity index is 1.49. The van der Waals surface area contributed by atoms with Crippen molar-refractivity contribution in [1.29, 1.82) is 0 Å². The lowest BCUT2D eigenvalue weighted by Crippen LogP contribution is -2.45. The minimum atomic E-state index is -0.333. The number of H-pyrrole nitrogens is 1. The molecule has 9 heteroatoms. The molecule has 0 saturated carbocycles. The molecule has 4 rings (SSSR count). The number of aromatic amines is 1. The predicted molar refractivity (Wildman–Crippen MR) is 126 cm³/mol. The van der Waals surface area contributed by atoms with Gasteiger partial charge >= 0.3 is 5.97 Å². The molecule has 0 radical (unpaired) electrons. The first-order valence-electron chi connectivity index (χ1n) is 10.6. The summed E-state index contributed by atoms with van der Waals surface area (Å²) in [5.41, 5.74) is 2.66. The third kappa shape index (κ3) is 4.53. The number of ether oxygens (including phenoxy) is 2. The third-order valence-corrected chi connectivity index (χ3v) is 7.43. The van der Waals surface area contributed by atoms with E-state index >= 15 is 0 Å². The van der Waals surface area contributed by atoms with E-state index in [-0.39, 0.29) is 23.8 Å². The Morgan fingerprint density at radius 3 is 2.88 bits per heavy atom. The van der Waals surface area contributed by atoms with Crippen LogP contribution in [0.2, 0.25) is 5.02 Å². The van der Waals surface area contributed by atoms with Crippen molar-refractivity contribution in [2.45, 2.75) is 32.8 Å². The fraction of sp³-hybridized carbons (Fsp3) is 0.435. The number of piperidine rings is 1. The number of Topliss-reactive ketones (excluding diaryl/α,β-unsaturated/α-hetero) is 1. The Morgan fingerprint density at radius 2 is 2.19 bits per heavy atom. The number of aromatic nitrogens is 2. The summed E-state index contributed by atoms with van der Waals surface area (Å²) >= 11 is 7.58. The molecule has 0 unspecified atom stereocenters. The smallest absolute Gasteiger partial charge is 0.339 e. The van der Waals surface area contributed by atoms with Gasteiger partial charge in [-0.3, -0.25) is 4.79 Å². The monoisotopic (exact) mass is 475 g/mol. The number of nitrogens with one attached hydrogen (secondary N) is 1. The number of aryl methyl sites for hydroxylation is 1. The highest BCUT2D eigenvalue weighted by Crippen LogP contribution is 2.35. The summed E-state index contributed by atoms with van der Waals surface area (Å²) in [6, 6.07) is 7.19. The highest BCUT2D eigenvalue weighted by Gasteiger charge is 2.33. The van der Waals surface area contributed by atoms with Crippen LogP contribution in [0, 0.1) is 12.8 Å². The number of hydrogen-bond donors (Lipinski definition) is 1. The molecule has 1 saturated heterocycles. The number of fused-ring (bicyclic) bond motifs is 1. The molecule has 2 aromatic heterocycles. The lowest BCUT2D eigenvalue weighted by Gasteiger charge is -2.37. The largest absolute Gasteiger partial charge is 0.462 e. The van der Waals surface area contributed by atoms with Crippen LogP contribution in [0.5, 0.6) is 0 Å². The van der Waals surface area contributed by atoms with E-state index in [9.17, 15) is 9.59 Å². The van der Waals surface area contributed by atoms with Crippen molar-refractivity contribution in [1.82, 2.24) is 9.97 Å². The zero-order valence-corrected chi connectivity index (χ0v) is 19.9. The summed E-state index contributed by atoms with van der Waals surface area (Å²) in [5, 5.41) is 1.42. The fourth-order valence-corrected chi connectivity index (χ4v) is 5.37. The molecule has 0 aliphatic carbocycles. The van der Waals surface area contributed by atoms with Crippen LogP contribution in [-0.4, -0.2) is 54.6 Å². The number of ketones is 1. The van der Waals surface area contributed by atoms with Crippen LogP contribution < -0.4 is 4.90 Å². The lowest BCUT2D eigenvalue weighted by atomic mass is 9.88. The fourth-order valence-electron chi connectivity index (χ4n) is 4.11. The molecule has 0 bridgehead atoms. The maximum absolute atomic E-state index is 12.8. The topological polar surface area (TPSA) is 84.5 Å². The number of methoxy groups -OCH3 is 1. The molecule has 1 fully saturated rings. The molecule has 3 heterocycles. The second kappa shape index (κ2) is 9.60. The maximum atomic E-state index is 12.8. The molecule has 1 N–H and O–H groups in total. The van der Waals surface area contributed by atoms with Crippen molar-refractivity contribution in [2.75, 3.05) is 31.7 Å². The number of carbonyl (C=O) groups excluding carboxylic acids is 2. The average molecular weight is 476 g/mol. The summed E-state index contributed by atoms with van der Waals surface area (Å²) < 4.78 is 11.8. The second-order valence-corrected chi connectivity index (χ2v) is 9.31. The standard InChI is InChI=1S/C23H26ClN3O4S/c1-4-31-22(29)15-6-5-7-17-21(15)32-23(26-17)27-9-8-14(20(12-27)30-3)10-19(28)18-11-16(24)13(2)25-18/h5-7,11,14,20,25H,4,8-10,12H2,1-3H3/t14-,20-/m0/s1. The molecule has 2 atom stereocenters. The van der Waals surface area contributed by atoms with Crippen LogP contribution in [0.1, 0.15) is 46.3 Å². The zero-order valence-electron chi connectivity index (χ0n) is 18.3. The molecule has 7 nitrogen and oxygen atoms in total. The van der Waals surface area contributed by atoms with Gasteiger partial charge in [-0.25, -0.2) is 9.78 Å². The molecule has 1 aliphatic heterocycles. The van der Waals surface area contributed by atoms with Gasteiger partial charge < -0.3 is 19.4 Å². The Kier molecular flexibility index (Phi) is 6.83. The highest BCUT2D eigenvalue weighted by molar-refractivity contribution is 7.22. The first-order chi connectivity index (χ1) is 15.4. The van der Waals surface area contributed by atoms with E-state index in [1.54, 1.807) is 26.2 Å². The van der Waals surface area contributed by atoms with Crippen LogP contribution >= 0.6 is 22.9 Å². The second-order valence-electron chi connectivity index (χ2n) is 7.92. The minimum absolute atomic E-state index is 0.0413. The minimum Gasteiger partial charge on any atom is -0.462 e. The van der Waals surface area contributed by atoms with Gasteiger partial charge in [-0.1, -0.05) is 29.0 Å². The number of carbonyl (C=O) groups is 2. The molecule has 3 aromatic rings. The van der Waals surface area contributed by atoms with Crippen molar-refractivity contribution in [2.24, 2.45) is 5.92 Å². The van der Waals surface area contributed by atoms with E-state index in [4.69, 9.17) is 26.1 Å². The lowest BCUT2D eigenvalue weighted by molar-refractivity contribution is 0.0375. The normalized spacial score (nSPS) is 18.8. The molecule has 1 aromatic carbocycles. The number of halogens is 1. The van der Waals surface area contributed by atoms with Crippen LogP contribution in [0.3, 0.4) is 0 Å². The molecule has 0 spiro atoms. The van der Waals surface area contributed by atoms with Gasteiger partial charge in [-0.15, -0.1) is 0 Å². The van der Waals surface area contributed by atoms with Gasteiger partial charge in [-0.2, -0.15) is 0 Å². The van der Waals surface area contributed by atoms with Crippen molar-refractivity contribution in [3.8, 4) is 0 Å². The number of thiazole rings is 1. The van der Waals surface area contributed by atoms with Crippen LogP contribution in [0.15, 0.2) is 24.3 Å². The zero-order chi connectivity index (χ0) is 22.8. The van der Waals surface area contributed by atoms with Crippen LogP contribution in [-0.2, 0) is 9.47 Å². The number of esters is 1. The number of benzene rings is 1. The van der Waals surface area contributed by atoms with Gasteiger partial charge in [0.25, 0.3) is 0 Å². The van der Waals surface area contributed by atoms with Crippen LogP contribution in [0.4, 0.5) is 5.13 Å². The van der Waals surface area contributed by atoms with Gasteiger partial charge in [0, 0.05) is 32.3 Å². The van der Waals surface area contributed by atoms with Gasteiger partial charge in [0.2, 0.25) is 0 Å². The quantitative estimate of drug-likeness (QED) is 0.387. The van der Waals surface area contributed by atoms with Crippen molar-refractivity contribution < 1.29 is 19.1 Å². The number of anilines is 1. The number of nitrogens with zero attached hydrogens (tertiary/aromatic N) is 2. The molecule has 0 amide bonds. The van der Waals surface area contributed by atoms with Crippen molar-refractivity contribution in [3.05, 3.63) is 46.2 Å². The van der Waals surface area contributed by atoms with E-state index in [0.29, 0.717) is 35.9 Å². The molecular formula is C23H26ClN3O4S. The van der Waals surface area contributed by atoms with Gasteiger partial charge in [0.1, 0.15) is 0 Å². The Labute approximate surface area is 195 Å². The van der Waals surface area contributed by atoms with Gasteiger partial charge in [0.05, 0.1) is 39.2 Å².